The number of likely N-dealkylation sites (N-methyl/N-ethyl adjacent to an activating group) is 2. The number of morpholine rings is 2. The Morgan fingerprint density at radius 1 is 0.580 bits per heavy atom. The van der Waals surface area contributed by atoms with Gasteiger partial charge in [0.2, 0.25) is 11.8 Å². The number of anilines is 2. The Morgan fingerprint density at radius 2 is 0.966 bits per heavy atom. The van der Waals surface area contributed by atoms with Gasteiger partial charge in [-0.3, -0.25) is 48.4 Å². The maximum Gasteiger partial charge on any atom is 0.252 e. The summed E-state index contributed by atoms with van der Waals surface area (Å²) in [5, 5.41) is 7.21. The lowest BCUT2D eigenvalue weighted by Gasteiger charge is -2.43. The van der Waals surface area contributed by atoms with E-state index in [4.69, 9.17) is 9.47 Å². The van der Waals surface area contributed by atoms with Gasteiger partial charge in [0, 0.05) is 176 Å². The molecule has 4 N–H and O–H groups in total. The molecule has 8 heterocycles. The summed E-state index contributed by atoms with van der Waals surface area (Å²) in [4.78, 5) is 105. The molecule has 4 fully saturated rings. The molecule has 0 saturated carbocycles. The lowest BCUT2D eigenvalue weighted by atomic mass is 9.91. The summed E-state index contributed by atoms with van der Waals surface area (Å²) in [6.45, 7) is 22.0. The van der Waals surface area contributed by atoms with E-state index >= 15 is 0 Å². The molecule has 0 bridgehead atoms. The molecule has 6 atom stereocenters. The molecule has 88 heavy (non-hydrogen) atoms. The molecule has 2 aromatic carbocycles. The van der Waals surface area contributed by atoms with E-state index in [0.717, 1.165) is 48.2 Å². The van der Waals surface area contributed by atoms with Crippen LogP contribution in [0.25, 0.3) is 0 Å². The third-order valence-electron chi connectivity index (χ3n) is 18.9. The Kier molecular flexibility index (Phi) is 20.5. The normalized spacial score (nSPS) is 24.1. The van der Waals surface area contributed by atoms with Crippen molar-refractivity contribution in [1.29, 1.82) is 0 Å². The number of benzene rings is 2. The van der Waals surface area contributed by atoms with Gasteiger partial charge in [0.1, 0.15) is 23.8 Å². The maximum absolute atomic E-state index is 14.4. The van der Waals surface area contributed by atoms with Gasteiger partial charge >= 0.3 is 0 Å². The first-order valence-corrected chi connectivity index (χ1v) is 31.7. The van der Waals surface area contributed by atoms with Crippen LogP contribution >= 0.6 is 0 Å². The van der Waals surface area contributed by atoms with E-state index in [1.165, 1.54) is 24.3 Å². The van der Waals surface area contributed by atoms with Gasteiger partial charge in [-0.25, -0.2) is 8.78 Å². The molecule has 10 rings (SSSR count). The SMILES string of the molecule is C[C@@H]1CN(CC(=O)N2CC(C)(C)c3[nH]c(=O)c(Cc4ccc(F)cc4)cc32)[C@@H](CN2CCO[C@H](C(=O)N(C)CCCCCCN(C)C(=O)[C@@H]3CN(C[C@H]4CN[C@H](C)CN4CC(=O)N4CC(C)(C)c5[nH]c(=O)c(Cc6ccc(F)cc6)cc54)CCO3)C2)CN1. The summed E-state index contributed by atoms with van der Waals surface area (Å²) < 4.78 is 39.5. The number of pyridine rings is 2. The number of hydrogen-bond acceptors (Lipinski definition) is 14. The highest BCUT2D eigenvalue weighted by molar-refractivity contribution is 5.98. The van der Waals surface area contributed by atoms with Gasteiger partial charge < -0.3 is 49.7 Å². The Labute approximate surface area is 516 Å². The Bertz CT molecular complexity index is 3040. The summed E-state index contributed by atoms with van der Waals surface area (Å²) >= 11 is 0. The van der Waals surface area contributed by atoms with Gasteiger partial charge in [0.05, 0.1) is 37.7 Å². The van der Waals surface area contributed by atoms with Crippen LogP contribution in [0.2, 0.25) is 0 Å². The van der Waals surface area contributed by atoms with Crippen molar-refractivity contribution in [3.05, 3.63) is 127 Å². The number of amides is 4. The average Bonchev–Trinajstić information content (AvgIpc) is 1.88. The molecule has 6 aliphatic heterocycles. The molecule has 4 amide bonds. The number of piperazine rings is 2. The number of H-pyrrole nitrogens is 2. The zero-order valence-corrected chi connectivity index (χ0v) is 52.8. The summed E-state index contributed by atoms with van der Waals surface area (Å²) in [5.74, 6) is -0.864. The van der Waals surface area contributed by atoms with Crippen molar-refractivity contribution < 1.29 is 37.4 Å². The largest absolute Gasteiger partial charge is 0.366 e. The number of unbranched alkanes of at least 4 members (excludes halogenated alkanes) is 3. The average molecular weight is 1220 g/mol. The van der Waals surface area contributed by atoms with Gasteiger partial charge in [0.15, 0.2) is 0 Å². The second kappa shape index (κ2) is 27.9. The number of fused-ring (bicyclic) bond motifs is 2. The number of halogens is 2. The fraction of sp³-hybridized carbons (Fsp3) is 0.606. The van der Waals surface area contributed by atoms with Crippen molar-refractivity contribution in [3.8, 4) is 0 Å². The number of nitrogens with zero attached hydrogens (tertiary/aromatic N) is 8. The number of carbonyl (C=O) groups excluding carboxylic acids is 4. The van der Waals surface area contributed by atoms with Crippen molar-refractivity contribution in [2.24, 2.45) is 0 Å². The van der Waals surface area contributed by atoms with Gasteiger partial charge in [-0.05, 0) is 74.2 Å². The highest BCUT2D eigenvalue weighted by Gasteiger charge is 2.44. The number of carbonyl (C=O) groups is 4. The molecule has 0 unspecified atom stereocenters. The molecule has 4 saturated heterocycles. The van der Waals surface area contributed by atoms with Crippen LogP contribution in [-0.2, 0) is 52.3 Å². The van der Waals surface area contributed by atoms with Crippen LogP contribution in [0.4, 0.5) is 20.2 Å². The van der Waals surface area contributed by atoms with Crippen molar-refractivity contribution in [1.82, 2.24) is 50.0 Å². The van der Waals surface area contributed by atoms with E-state index in [1.54, 1.807) is 43.9 Å². The van der Waals surface area contributed by atoms with E-state index in [9.17, 15) is 37.5 Å². The third kappa shape index (κ3) is 15.5. The van der Waals surface area contributed by atoms with E-state index in [-0.39, 0.29) is 83.6 Å². The highest BCUT2D eigenvalue weighted by Crippen LogP contribution is 2.41. The fourth-order valence-electron chi connectivity index (χ4n) is 13.8. The minimum atomic E-state index is -0.597. The monoisotopic (exact) mass is 1220 g/mol. The molecule has 20 nitrogen and oxygen atoms in total. The molecule has 6 aliphatic rings. The van der Waals surface area contributed by atoms with Crippen molar-refractivity contribution in [2.75, 3.05) is 142 Å². The summed E-state index contributed by atoms with van der Waals surface area (Å²) in [6.07, 6.45) is 2.86. The molecule has 0 aliphatic carbocycles. The predicted molar refractivity (Wildman–Crippen MR) is 335 cm³/mol. The van der Waals surface area contributed by atoms with E-state index in [2.05, 4.69) is 54.0 Å². The smallest absolute Gasteiger partial charge is 0.252 e. The van der Waals surface area contributed by atoms with Gasteiger partial charge in [0.25, 0.3) is 22.9 Å². The van der Waals surface area contributed by atoms with E-state index in [1.807, 2.05) is 53.9 Å². The van der Waals surface area contributed by atoms with Crippen LogP contribution < -0.4 is 31.6 Å². The summed E-state index contributed by atoms with van der Waals surface area (Å²) in [7, 11) is 3.67. The topological polar surface area (TPSA) is 202 Å². The molecule has 0 spiro atoms. The number of aromatic nitrogens is 2. The predicted octanol–water partition coefficient (Wildman–Crippen LogP) is 3.68. The van der Waals surface area contributed by atoms with Gasteiger partial charge in [-0.2, -0.15) is 0 Å². The Balaban J connectivity index is 0.646. The van der Waals surface area contributed by atoms with Gasteiger partial charge in [-0.1, -0.05) is 64.8 Å². The number of aromatic amines is 2. The second-order valence-corrected chi connectivity index (χ2v) is 27.1. The van der Waals surface area contributed by atoms with E-state index in [0.29, 0.717) is 140 Å². The molecule has 478 valence electrons. The number of rotatable bonds is 21. The Morgan fingerprint density at radius 3 is 1.35 bits per heavy atom. The number of hydrogen-bond donors (Lipinski definition) is 4. The molecular formula is C66H92F2N12O8. The van der Waals surface area contributed by atoms with Crippen molar-refractivity contribution >= 4 is 35.0 Å². The lowest BCUT2D eigenvalue weighted by molar-refractivity contribution is -0.149. The Hall–Kier alpha value is -6.24. The summed E-state index contributed by atoms with van der Waals surface area (Å²) in [5.41, 5.74) is 4.18. The molecule has 4 aromatic rings. The van der Waals surface area contributed by atoms with Crippen LogP contribution in [-0.4, -0.2) is 231 Å². The lowest BCUT2D eigenvalue weighted by Crippen LogP contribution is -2.62. The first-order valence-electron chi connectivity index (χ1n) is 31.7. The van der Waals surface area contributed by atoms with E-state index < -0.39 is 23.0 Å². The standard InChI is InChI=1S/C66H92F2N12O8/c1-43-33-77(39-57(81)79-41-65(3,4)59-53(79)29-47(61(83)71-59)27-45-13-17-49(67)18-14-45)51(31-69-43)35-75-23-25-87-55(37-75)63(85)73(7)21-11-9-10-12-22-74(8)64(86)56-38-76(24-26-88-56)36-52-32-70-44(2)34-78(52)40-58(82)80-42-66(5,6)60-54(80)30-48(62(84)72-60)28-46-15-19-50(68)20-16-46/h13-20,29-30,43-44,51-52,55-56,69-70H,9-12,21-28,31-42H2,1-8H3,(H,71,83)(H,72,84)/t43-,44-,51-,52-,55+,56+/m1/s1. The van der Waals surface area contributed by atoms with Crippen LogP contribution in [0.3, 0.4) is 0 Å². The fourth-order valence-corrected chi connectivity index (χ4v) is 13.8. The minimum absolute atomic E-state index is 0.0135. The first kappa shape index (κ1) is 64.7. The second-order valence-electron chi connectivity index (χ2n) is 27.1. The molecule has 0 radical (unpaired) electrons. The quantitative estimate of drug-likeness (QED) is 0.0881. The minimum Gasteiger partial charge on any atom is -0.366 e. The van der Waals surface area contributed by atoms with Crippen LogP contribution in [0.1, 0.15) is 101 Å². The highest BCUT2D eigenvalue weighted by atomic mass is 19.1. The van der Waals surface area contributed by atoms with Crippen LogP contribution in [0.15, 0.2) is 70.3 Å². The summed E-state index contributed by atoms with van der Waals surface area (Å²) in [6, 6.07) is 16.2. The first-order chi connectivity index (χ1) is 42.0. The zero-order valence-electron chi connectivity index (χ0n) is 52.8. The number of ether oxygens (including phenoxy) is 2. The van der Waals surface area contributed by atoms with Crippen molar-refractivity contribution in [2.45, 2.75) is 127 Å². The zero-order chi connectivity index (χ0) is 62.6. The maximum atomic E-state index is 14.4. The molecule has 22 heteroatoms. The van der Waals surface area contributed by atoms with Gasteiger partial charge in [-0.15, -0.1) is 0 Å². The number of nitrogens with one attached hydrogen (secondary N) is 4. The molecular weight excluding hydrogens is 1130 g/mol. The van der Waals surface area contributed by atoms with Crippen LogP contribution in [0, 0.1) is 11.6 Å². The van der Waals surface area contributed by atoms with Crippen LogP contribution in [0.5, 0.6) is 0 Å². The van der Waals surface area contributed by atoms with Crippen molar-refractivity contribution in [3.63, 3.8) is 0 Å². The third-order valence-corrected chi connectivity index (χ3v) is 18.9. The molecule has 2 aromatic heterocycles.